The Morgan fingerprint density at radius 1 is 0.525 bits per heavy atom. The van der Waals surface area contributed by atoms with Gasteiger partial charge in [0.25, 0.3) is 0 Å². The van der Waals surface area contributed by atoms with Gasteiger partial charge in [-0.25, -0.2) is 9.97 Å². The third-order valence-electron chi connectivity index (χ3n) is 11.8. The van der Waals surface area contributed by atoms with E-state index in [0.717, 1.165) is 51.0 Å². The van der Waals surface area contributed by atoms with E-state index in [0.29, 0.717) is 0 Å². The molecule has 300 valence electrons. The van der Waals surface area contributed by atoms with E-state index in [4.69, 9.17) is 14.7 Å². The van der Waals surface area contributed by atoms with Crippen LogP contribution in [0.25, 0.3) is 55.8 Å². The Morgan fingerprint density at radius 2 is 1.15 bits per heavy atom. The Bertz CT molecular complexity index is 2850. The van der Waals surface area contributed by atoms with E-state index in [1.54, 1.807) is 0 Å². The van der Waals surface area contributed by atoms with Gasteiger partial charge in [0.05, 0.1) is 16.7 Å². The lowest BCUT2D eigenvalue weighted by atomic mass is 9.83. The lowest BCUT2D eigenvalue weighted by Gasteiger charge is -2.23. The van der Waals surface area contributed by atoms with Gasteiger partial charge in [0.1, 0.15) is 23.1 Å². The van der Waals surface area contributed by atoms with Crippen LogP contribution in [-0.4, -0.2) is 19.1 Å². The van der Waals surface area contributed by atoms with Gasteiger partial charge in [0, 0.05) is 41.0 Å². The Labute approximate surface area is 350 Å². The van der Waals surface area contributed by atoms with Crippen molar-refractivity contribution in [3.05, 3.63) is 155 Å². The normalized spacial score (nSPS) is 12.5. The topological polar surface area (TPSA) is 44.9 Å². The standard InChI is InChI=1S/C54H58N4O/c1-33-26-39(52(5,6)7)27-34(2)48(33)37-22-23-55-47(31-37)58-45-19-15-18-44(54(11,12)13)49(45)43-21-20-42(32-46(43)58)59-41-17-14-16-38(30-41)51-56-24-25-57(51)50-35(3)28-40(29-36(50)4)53(8,9)10/h14-32H,1-13H3. The third kappa shape index (κ3) is 7.37. The highest BCUT2D eigenvalue weighted by molar-refractivity contribution is 6.11. The van der Waals surface area contributed by atoms with Crippen LogP contribution in [0.5, 0.6) is 11.5 Å². The molecular weight excluding hydrogens is 721 g/mol. The van der Waals surface area contributed by atoms with Crippen molar-refractivity contribution in [3.8, 4) is 45.5 Å². The number of ether oxygens (including phenoxy) is 1. The first-order chi connectivity index (χ1) is 27.8. The summed E-state index contributed by atoms with van der Waals surface area (Å²) in [6.45, 7) is 29.3. The first-order valence-electron chi connectivity index (χ1n) is 20.9. The molecule has 0 unspecified atom stereocenters. The molecule has 5 aromatic carbocycles. The minimum absolute atomic E-state index is 0.0655. The molecule has 0 fully saturated rings. The monoisotopic (exact) mass is 778 g/mol. The van der Waals surface area contributed by atoms with Gasteiger partial charge in [-0.15, -0.1) is 0 Å². The molecule has 5 nitrogen and oxygen atoms in total. The Hall–Kier alpha value is -5.94. The number of pyridine rings is 1. The predicted octanol–water partition coefficient (Wildman–Crippen LogP) is 14.6. The van der Waals surface area contributed by atoms with Crippen molar-refractivity contribution in [3.63, 3.8) is 0 Å². The smallest absolute Gasteiger partial charge is 0.144 e. The number of fused-ring (bicyclic) bond motifs is 3. The van der Waals surface area contributed by atoms with E-state index in [1.165, 1.54) is 55.3 Å². The van der Waals surface area contributed by atoms with Crippen LogP contribution in [0.3, 0.4) is 0 Å². The summed E-state index contributed by atoms with van der Waals surface area (Å²) in [5, 5.41) is 2.41. The molecule has 0 saturated carbocycles. The summed E-state index contributed by atoms with van der Waals surface area (Å²) in [7, 11) is 0. The number of hydrogen-bond donors (Lipinski definition) is 0. The highest BCUT2D eigenvalue weighted by atomic mass is 16.5. The number of benzene rings is 5. The van der Waals surface area contributed by atoms with Crippen LogP contribution in [0.4, 0.5) is 0 Å². The van der Waals surface area contributed by atoms with Gasteiger partial charge in [-0.05, 0) is 136 Å². The van der Waals surface area contributed by atoms with Crippen LogP contribution < -0.4 is 4.74 Å². The first-order valence-corrected chi connectivity index (χ1v) is 20.9. The van der Waals surface area contributed by atoms with E-state index >= 15 is 0 Å². The second-order valence-corrected chi connectivity index (χ2v) is 19.6. The summed E-state index contributed by atoms with van der Waals surface area (Å²) in [5.41, 5.74) is 15.8. The van der Waals surface area contributed by atoms with Gasteiger partial charge in [-0.2, -0.15) is 0 Å². The molecule has 8 aromatic rings. The Morgan fingerprint density at radius 3 is 1.80 bits per heavy atom. The second-order valence-electron chi connectivity index (χ2n) is 19.6. The maximum atomic E-state index is 6.75. The van der Waals surface area contributed by atoms with E-state index in [1.807, 2.05) is 24.5 Å². The fraction of sp³-hybridized carbons (Fsp3) is 0.296. The van der Waals surface area contributed by atoms with Crippen molar-refractivity contribution in [2.24, 2.45) is 0 Å². The fourth-order valence-corrected chi connectivity index (χ4v) is 8.83. The number of hydrogen-bond acceptors (Lipinski definition) is 3. The van der Waals surface area contributed by atoms with Crippen LogP contribution in [0.2, 0.25) is 0 Å². The molecule has 0 saturated heterocycles. The fourth-order valence-electron chi connectivity index (χ4n) is 8.83. The number of nitrogens with zero attached hydrogens (tertiary/aromatic N) is 4. The lowest BCUT2D eigenvalue weighted by Crippen LogP contribution is -2.13. The highest BCUT2D eigenvalue weighted by Gasteiger charge is 2.24. The molecule has 59 heavy (non-hydrogen) atoms. The van der Waals surface area contributed by atoms with E-state index in [9.17, 15) is 0 Å². The molecule has 0 amide bonds. The average Bonchev–Trinajstić information content (AvgIpc) is 3.76. The summed E-state index contributed by atoms with van der Waals surface area (Å²) in [4.78, 5) is 9.90. The maximum Gasteiger partial charge on any atom is 0.144 e. The largest absolute Gasteiger partial charge is 0.457 e. The minimum atomic E-state index is -0.0655. The molecule has 0 N–H and O–H groups in total. The van der Waals surface area contributed by atoms with Gasteiger partial charge in [0.15, 0.2) is 0 Å². The lowest BCUT2D eigenvalue weighted by molar-refractivity contribution is 0.483. The highest BCUT2D eigenvalue weighted by Crippen LogP contribution is 2.42. The molecule has 0 aliphatic carbocycles. The number of aromatic nitrogens is 4. The SMILES string of the molecule is Cc1cc(C(C)(C)C)cc(C)c1-c1ccnc(-n2c3cc(Oc4cccc(-c5nccn5-c5c(C)cc(C(C)(C)C)cc5C)c4)ccc3c3c(C(C)(C)C)cccc32)c1. The van der Waals surface area contributed by atoms with Crippen molar-refractivity contribution >= 4 is 21.8 Å². The summed E-state index contributed by atoms with van der Waals surface area (Å²) in [6.07, 6.45) is 5.88. The molecule has 0 bridgehead atoms. The van der Waals surface area contributed by atoms with E-state index in [2.05, 4.69) is 190 Å². The third-order valence-corrected chi connectivity index (χ3v) is 11.8. The molecule has 0 spiro atoms. The van der Waals surface area contributed by atoms with Crippen LogP contribution >= 0.6 is 0 Å². The maximum absolute atomic E-state index is 6.75. The number of rotatable bonds is 6. The van der Waals surface area contributed by atoms with Gasteiger partial charge in [-0.3, -0.25) is 9.13 Å². The zero-order valence-electron chi connectivity index (χ0n) is 37.2. The molecule has 3 heterocycles. The molecule has 0 aliphatic rings. The van der Waals surface area contributed by atoms with Crippen molar-refractivity contribution in [1.29, 1.82) is 0 Å². The van der Waals surface area contributed by atoms with Crippen LogP contribution in [0.15, 0.2) is 116 Å². The molecule has 0 aliphatic heterocycles. The van der Waals surface area contributed by atoms with Crippen molar-refractivity contribution in [2.75, 3.05) is 0 Å². The molecular formula is C54H58N4O. The van der Waals surface area contributed by atoms with Crippen molar-refractivity contribution in [1.82, 2.24) is 19.1 Å². The number of aryl methyl sites for hydroxylation is 4. The first kappa shape index (κ1) is 39.9. The Kier molecular flexibility index (Phi) is 9.74. The van der Waals surface area contributed by atoms with Crippen LogP contribution in [0, 0.1) is 27.7 Å². The summed E-state index contributed by atoms with van der Waals surface area (Å²) in [6, 6.07) is 35.1. The van der Waals surface area contributed by atoms with Gasteiger partial charge < -0.3 is 4.74 Å². The van der Waals surface area contributed by atoms with Crippen molar-refractivity contribution < 1.29 is 4.74 Å². The Balaban J connectivity index is 1.23. The predicted molar refractivity (Wildman–Crippen MR) is 248 cm³/mol. The van der Waals surface area contributed by atoms with E-state index in [-0.39, 0.29) is 16.2 Å². The summed E-state index contributed by atoms with van der Waals surface area (Å²) >= 11 is 0. The molecule has 5 heteroatoms. The average molecular weight is 779 g/mol. The van der Waals surface area contributed by atoms with Crippen LogP contribution in [0.1, 0.15) is 101 Å². The van der Waals surface area contributed by atoms with Crippen molar-refractivity contribution in [2.45, 2.75) is 106 Å². The summed E-state index contributed by atoms with van der Waals surface area (Å²) < 4.78 is 11.3. The quantitative estimate of drug-likeness (QED) is 0.169. The molecule has 8 rings (SSSR count). The van der Waals surface area contributed by atoms with Gasteiger partial charge in [0.2, 0.25) is 0 Å². The number of imidazole rings is 1. The van der Waals surface area contributed by atoms with Gasteiger partial charge >= 0.3 is 0 Å². The zero-order chi connectivity index (χ0) is 42.2. The minimum Gasteiger partial charge on any atom is -0.457 e. The second kappa shape index (κ2) is 14.4. The zero-order valence-corrected chi connectivity index (χ0v) is 37.2. The van der Waals surface area contributed by atoms with Crippen LogP contribution in [-0.2, 0) is 16.2 Å². The summed E-state index contributed by atoms with van der Waals surface area (Å²) in [5.74, 6) is 3.25. The molecule has 3 aromatic heterocycles. The molecule has 0 atom stereocenters. The molecule has 0 radical (unpaired) electrons. The van der Waals surface area contributed by atoms with Gasteiger partial charge in [-0.1, -0.05) is 111 Å². The van der Waals surface area contributed by atoms with E-state index < -0.39 is 0 Å².